The third kappa shape index (κ3) is 5.78. The van der Waals surface area contributed by atoms with Crippen LogP contribution < -0.4 is 5.32 Å². The Hall–Kier alpha value is -0.160. The van der Waals surface area contributed by atoms with Gasteiger partial charge in [-0.15, -0.1) is 0 Å². The van der Waals surface area contributed by atoms with Crippen molar-refractivity contribution >= 4 is 0 Å². The predicted molar refractivity (Wildman–Crippen MR) is 75.0 cm³/mol. The second-order valence-corrected chi connectivity index (χ2v) is 6.44. The maximum Gasteiger partial charge on any atom is 0.0897 e. The number of hydrogen-bond acceptors (Lipinski definition) is 4. The molecule has 2 saturated carbocycles. The van der Waals surface area contributed by atoms with Gasteiger partial charge in [-0.05, 0) is 37.5 Å². The summed E-state index contributed by atoms with van der Waals surface area (Å²) in [6, 6.07) is 0. The molecule has 0 aromatic heterocycles. The van der Waals surface area contributed by atoms with E-state index in [0.717, 1.165) is 31.6 Å². The van der Waals surface area contributed by atoms with E-state index in [1.165, 1.54) is 12.8 Å². The first-order chi connectivity index (χ1) is 9.15. The Morgan fingerprint density at radius 2 is 1.95 bits per heavy atom. The van der Waals surface area contributed by atoms with E-state index in [4.69, 9.17) is 4.74 Å². The molecule has 0 saturated heterocycles. The van der Waals surface area contributed by atoms with E-state index in [1.807, 2.05) is 0 Å². The monoisotopic (exact) mass is 271 g/mol. The fourth-order valence-electron chi connectivity index (χ4n) is 2.88. The van der Waals surface area contributed by atoms with Gasteiger partial charge in [0.15, 0.2) is 0 Å². The predicted octanol–water partition coefficient (Wildman–Crippen LogP) is 1.30. The highest BCUT2D eigenvalue weighted by Gasteiger charge is 2.29. The minimum Gasteiger partial charge on any atom is -0.392 e. The van der Waals surface area contributed by atoms with Gasteiger partial charge in [0.05, 0.1) is 24.9 Å². The molecule has 0 bridgehead atoms. The summed E-state index contributed by atoms with van der Waals surface area (Å²) in [5, 5.41) is 22.7. The smallest absolute Gasteiger partial charge is 0.0897 e. The van der Waals surface area contributed by atoms with Crippen LogP contribution in [0.1, 0.15) is 45.4 Å². The summed E-state index contributed by atoms with van der Waals surface area (Å²) in [5.41, 5.74) is 0. The van der Waals surface area contributed by atoms with E-state index in [-0.39, 0.29) is 6.10 Å². The molecule has 2 fully saturated rings. The molecule has 0 spiro atoms. The van der Waals surface area contributed by atoms with Crippen LogP contribution in [0.3, 0.4) is 0 Å². The topological polar surface area (TPSA) is 61.7 Å². The summed E-state index contributed by atoms with van der Waals surface area (Å²) in [5.74, 6) is 1.24. The normalized spacial score (nSPS) is 31.1. The van der Waals surface area contributed by atoms with Crippen molar-refractivity contribution in [3.8, 4) is 0 Å². The lowest BCUT2D eigenvalue weighted by Crippen LogP contribution is -2.37. The highest BCUT2D eigenvalue weighted by atomic mass is 16.5. The molecular weight excluding hydrogens is 242 g/mol. The zero-order chi connectivity index (χ0) is 13.7. The lowest BCUT2D eigenvalue weighted by atomic mass is 9.89. The summed E-state index contributed by atoms with van der Waals surface area (Å²) < 4.78 is 5.78. The fraction of sp³-hybridized carbons (Fsp3) is 1.00. The van der Waals surface area contributed by atoms with Crippen LogP contribution in [0.5, 0.6) is 0 Å². The molecule has 0 aliphatic heterocycles. The zero-order valence-electron chi connectivity index (χ0n) is 12.1. The van der Waals surface area contributed by atoms with E-state index >= 15 is 0 Å². The number of rotatable bonds is 8. The lowest BCUT2D eigenvalue weighted by Gasteiger charge is -2.27. The molecule has 4 unspecified atom stereocenters. The Morgan fingerprint density at radius 3 is 2.63 bits per heavy atom. The van der Waals surface area contributed by atoms with Crippen LogP contribution in [-0.4, -0.2) is 48.2 Å². The number of aliphatic hydroxyl groups excluding tert-OH is 2. The molecule has 4 atom stereocenters. The van der Waals surface area contributed by atoms with Crippen molar-refractivity contribution in [1.82, 2.24) is 5.32 Å². The molecule has 0 aromatic rings. The third-order valence-electron chi connectivity index (χ3n) is 4.31. The highest BCUT2D eigenvalue weighted by Crippen LogP contribution is 2.32. The van der Waals surface area contributed by atoms with E-state index in [9.17, 15) is 10.2 Å². The summed E-state index contributed by atoms with van der Waals surface area (Å²) in [6.45, 7) is 3.77. The average molecular weight is 271 g/mol. The molecule has 0 aromatic carbocycles. The van der Waals surface area contributed by atoms with Crippen molar-refractivity contribution in [2.75, 3.05) is 19.7 Å². The van der Waals surface area contributed by atoms with Gasteiger partial charge in [0.1, 0.15) is 0 Å². The van der Waals surface area contributed by atoms with Gasteiger partial charge in [-0.25, -0.2) is 0 Å². The largest absolute Gasteiger partial charge is 0.392 e. The molecule has 0 radical (unpaired) electrons. The molecule has 2 aliphatic carbocycles. The zero-order valence-corrected chi connectivity index (χ0v) is 12.1. The van der Waals surface area contributed by atoms with Gasteiger partial charge >= 0.3 is 0 Å². The van der Waals surface area contributed by atoms with Gasteiger partial charge in [-0.3, -0.25) is 0 Å². The highest BCUT2D eigenvalue weighted by molar-refractivity contribution is 4.82. The van der Waals surface area contributed by atoms with E-state index in [1.54, 1.807) is 0 Å². The fourth-order valence-corrected chi connectivity index (χ4v) is 2.88. The van der Waals surface area contributed by atoms with Gasteiger partial charge in [0, 0.05) is 13.1 Å². The lowest BCUT2D eigenvalue weighted by molar-refractivity contribution is -0.0311. The van der Waals surface area contributed by atoms with Gasteiger partial charge in [-0.1, -0.05) is 19.8 Å². The molecular formula is C15H29NO3. The molecule has 3 N–H and O–H groups in total. The minimum atomic E-state index is -0.469. The molecule has 0 heterocycles. The first-order valence-electron chi connectivity index (χ1n) is 7.83. The quantitative estimate of drug-likeness (QED) is 0.623. The van der Waals surface area contributed by atoms with E-state index < -0.39 is 6.10 Å². The molecule has 2 aliphatic rings. The Kier molecular flexibility index (Phi) is 6.07. The van der Waals surface area contributed by atoms with Crippen LogP contribution >= 0.6 is 0 Å². The number of ether oxygens (including phenoxy) is 1. The molecule has 0 amide bonds. The van der Waals surface area contributed by atoms with Gasteiger partial charge < -0.3 is 20.3 Å². The summed E-state index contributed by atoms with van der Waals surface area (Å²) in [4.78, 5) is 0. The first-order valence-corrected chi connectivity index (χ1v) is 7.83. The van der Waals surface area contributed by atoms with Gasteiger partial charge in [0.25, 0.3) is 0 Å². The first kappa shape index (κ1) is 15.2. The average Bonchev–Trinajstić information content (AvgIpc) is 3.20. The Balaban J connectivity index is 1.50. The van der Waals surface area contributed by atoms with Crippen molar-refractivity contribution in [2.24, 2.45) is 11.8 Å². The summed E-state index contributed by atoms with van der Waals surface area (Å²) in [6.07, 6.45) is 6.72. The molecule has 4 heteroatoms. The molecule has 2 rings (SSSR count). The Bertz CT molecular complexity index is 258. The van der Waals surface area contributed by atoms with Crippen molar-refractivity contribution in [3.63, 3.8) is 0 Å². The standard InChI is InChI=1S/C15H29NO3/c1-11-3-2-4-14(7-11)19-10-13(17)8-16-9-15(18)12-5-6-12/h11-18H,2-10H2,1H3. The van der Waals surface area contributed by atoms with Crippen LogP contribution in [0.15, 0.2) is 0 Å². The Labute approximate surface area is 116 Å². The summed E-state index contributed by atoms with van der Waals surface area (Å²) in [7, 11) is 0. The van der Waals surface area contributed by atoms with Gasteiger partial charge in [0.2, 0.25) is 0 Å². The SMILES string of the molecule is CC1CCCC(OCC(O)CNCC(O)C2CC2)C1. The van der Waals surface area contributed by atoms with E-state index in [2.05, 4.69) is 12.2 Å². The van der Waals surface area contributed by atoms with Crippen LogP contribution in [0.4, 0.5) is 0 Å². The van der Waals surface area contributed by atoms with Crippen molar-refractivity contribution in [3.05, 3.63) is 0 Å². The Morgan fingerprint density at radius 1 is 1.16 bits per heavy atom. The maximum atomic E-state index is 9.84. The van der Waals surface area contributed by atoms with Crippen LogP contribution in [0.25, 0.3) is 0 Å². The third-order valence-corrected chi connectivity index (χ3v) is 4.31. The van der Waals surface area contributed by atoms with Crippen LogP contribution in [0.2, 0.25) is 0 Å². The van der Waals surface area contributed by atoms with Crippen LogP contribution in [-0.2, 0) is 4.74 Å². The van der Waals surface area contributed by atoms with Crippen LogP contribution in [0, 0.1) is 11.8 Å². The molecule has 19 heavy (non-hydrogen) atoms. The maximum absolute atomic E-state index is 9.84. The number of aliphatic hydroxyl groups is 2. The molecule has 4 nitrogen and oxygen atoms in total. The van der Waals surface area contributed by atoms with Gasteiger partial charge in [-0.2, -0.15) is 0 Å². The molecule has 112 valence electrons. The number of hydrogen-bond donors (Lipinski definition) is 3. The van der Waals surface area contributed by atoms with E-state index in [0.29, 0.717) is 31.7 Å². The second-order valence-electron chi connectivity index (χ2n) is 6.44. The second kappa shape index (κ2) is 7.58. The van der Waals surface area contributed by atoms with Crippen molar-refractivity contribution in [1.29, 1.82) is 0 Å². The van der Waals surface area contributed by atoms with Crippen molar-refractivity contribution in [2.45, 2.75) is 63.8 Å². The number of nitrogens with one attached hydrogen (secondary N) is 1. The van der Waals surface area contributed by atoms with Crippen molar-refractivity contribution < 1.29 is 14.9 Å². The summed E-state index contributed by atoms with van der Waals surface area (Å²) >= 11 is 0. The minimum absolute atomic E-state index is 0.243.